The number of hydroxylamine groups is 1. The molecular weight excluding hydrogens is 250 g/mol. The third kappa shape index (κ3) is 5.17. The van der Waals surface area contributed by atoms with E-state index < -0.39 is 5.54 Å². The van der Waals surface area contributed by atoms with E-state index in [4.69, 9.17) is 4.74 Å². The molecule has 3 nitrogen and oxygen atoms in total. The Bertz CT molecular complexity index is 458. The summed E-state index contributed by atoms with van der Waals surface area (Å²) in [7, 11) is 1.66. The maximum atomic E-state index is 12.0. The average molecular weight is 275 g/mol. The Balaban J connectivity index is 2.78. The first kappa shape index (κ1) is 16.4. The van der Waals surface area contributed by atoms with Gasteiger partial charge in [0.2, 0.25) is 0 Å². The minimum absolute atomic E-state index is 0.0108. The largest absolute Gasteiger partial charge is 0.624 e. The molecular formula is C17H25NO2. The van der Waals surface area contributed by atoms with Crippen molar-refractivity contribution in [1.29, 1.82) is 0 Å². The Labute approximate surface area is 122 Å². The van der Waals surface area contributed by atoms with Crippen molar-refractivity contribution >= 4 is 12.3 Å². The predicted molar refractivity (Wildman–Crippen MR) is 84.9 cm³/mol. The number of nitrogens with zero attached hydrogens (tertiary/aromatic N) is 1. The van der Waals surface area contributed by atoms with E-state index in [0.717, 1.165) is 10.3 Å². The zero-order valence-corrected chi connectivity index (χ0v) is 13.0. The molecule has 2 atom stereocenters. The minimum Gasteiger partial charge on any atom is -0.624 e. The van der Waals surface area contributed by atoms with Crippen LogP contribution in [0.4, 0.5) is 0 Å². The van der Waals surface area contributed by atoms with Gasteiger partial charge in [0.25, 0.3) is 0 Å². The Hall–Kier alpha value is -1.61. The summed E-state index contributed by atoms with van der Waals surface area (Å²) in [6.07, 6.45) is 5.58. The molecule has 0 aromatic heterocycles. The second-order valence-electron chi connectivity index (χ2n) is 5.97. The van der Waals surface area contributed by atoms with Crippen LogP contribution in [0.15, 0.2) is 36.4 Å². The van der Waals surface area contributed by atoms with Crippen molar-refractivity contribution in [1.82, 2.24) is 0 Å². The summed E-state index contributed by atoms with van der Waals surface area (Å²) in [5.74, 6) is 0.0108. The maximum Gasteiger partial charge on any atom is 0.164 e. The van der Waals surface area contributed by atoms with Crippen LogP contribution in [-0.2, 0) is 4.74 Å². The third-order valence-electron chi connectivity index (χ3n) is 3.10. The first-order valence-electron chi connectivity index (χ1n) is 6.92. The molecule has 0 amide bonds. The lowest BCUT2D eigenvalue weighted by atomic mass is 10.0. The molecule has 0 aliphatic heterocycles. The molecule has 1 aromatic carbocycles. The molecule has 0 saturated heterocycles. The lowest BCUT2D eigenvalue weighted by Gasteiger charge is -2.22. The van der Waals surface area contributed by atoms with Crippen LogP contribution in [0.25, 0.3) is 6.08 Å². The van der Waals surface area contributed by atoms with Crippen molar-refractivity contribution in [3.8, 4) is 0 Å². The SMILES string of the molecule is CO[C@H](/C=C/c1ccccc1)[C@H](C)/C=[N+](\[O-])C(C)(C)C. The van der Waals surface area contributed by atoms with E-state index in [9.17, 15) is 5.21 Å². The molecule has 110 valence electrons. The fourth-order valence-electron chi connectivity index (χ4n) is 1.76. The molecule has 20 heavy (non-hydrogen) atoms. The van der Waals surface area contributed by atoms with Crippen LogP contribution in [0, 0.1) is 11.1 Å². The summed E-state index contributed by atoms with van der Waals surface area (Å²) >= 11 is 0. The van der Waals surface area contributed by atoms with Crippen LogP contribution in [0.2, 0.25) is 0 Å². The zero-order valence-electron chi connectivity index (χ0n) is 13.0. The molecule has 3 heteroatoms. The summed E-state index contributed by atoms with van der Waals surface area (Å²) in [6.45, 7) is 7.67. The van der Waals surface area contributed by atoms with Crippen molar-refractivity contribution in [2.24, 2.45) is 5.92 Å². The number of hydrogen-bond donors (Lipinski definition) is 0. The fourth-order valence-corrected chi connectivity index (χ4v) is 1.76. The van der Waals surface area contributed by atoms with E-state index in [1.165, 1.54) is 0 Å². The van der Waals surface area contributed by atoms with Gasteiger partial charge in [-0.2, -0.15) is 0 Å². The van der Waals surface area contributed by atoms with Crippen LogP contribution >= 0.6 is 0 Å². The van der Waals surface area contributed by atoms with Gasteiger partial charge in [-0.1, -0.05) is 49.4 Å². The highest BCUT2D eigenvalue weighted by atomic mass is 16.5. The number of ether oxygens (including phenoxy) is 1. The van der Waals surface area contributed by atoms with Crippen LogP contribution in [0.5, 0.6) is 0 Å². The molecule has 1 aromatic rings. The van der Waals surface area contributed by atoms with Gasteiger partial charge in [0.05, 0.1) is 12.0 Å². The molecule has 1 rings (SSSR count). The molecule has 0 spiro atoms. The second-order valence-corrected chi connectivity index (χ2v) is 5.97. The second kappa shape index (κ2) is 7.25. The minimum atomic E-state index is -0.421. The lowest BCUT2D eigenvalue weighted by Crippen LogP contribution is -2.33. The van der Waals surface area contributed by atoms with Crippen molar-refractivity contribution in [2.75, 3.05) is 7.11 Å². The topological polar surface area (TPSA) is 35.3 Å². The molecule has 0 radical (unpaired) electrons. The van der Waals surface area contributed by atoms with Crippen LogP contribution < -0.4 is 0 Å². The Morgan fingerprint density at radius 1 is 1.20 bits per heavy atom. The Kier molecular flexibility index (Phi) is 5.96. The fraction of sp³-hybridized carbons (Fsp3) is 0.471. The highest BCUT2D eigenvalue weighted by molar-refractivity contribution is 5.58. The summed E-state index contributed by atoms with van der Waals surface area (Å²) < 4.78 is 6.46. The first-order chi connectivity index (χ1) is 9.34. The highest BCUT2D eigenvalue weighted by Crippen LogP contribution is 2.12. The molecule has 0 aliphatic carbocycles. The van der Waals surface area contributed by atoms with E-state index in [2.05, 4.69) is 0 Å². The average Bonchev–Trinajstić information content (AvgIpc) is 2.39. The lowest BCUT2D eigenvalue weighted by molar-refractivity contribution is -0.533. The van der Waals surface area contributed by atoms with E-state index in [1.54, 1.807) is 13.3 Å². The van der Waals surface area contributed by atoms with Gasteiger partial charge in [0, 0.05) is 27.9 Å². The summed E-state index contributed by atoms with van der Waals surface area (Å²) in [5.41, 5.74) is 0.701. The molecule has 0 aliphatic rings. The standard InChI is InChI=1S/C17H25NO2/c1-14(13-18(19)17(2,3)4)16(20-5)12-11-15-9-7-6-8-10-15/h6-14,16H,1-5H3/b12-11+,18-13-/t14-,16-/m1/s1. The summed E-state index contributed by atoms with van der Waals surface area (Å²) in [5, 5.41) is 12.0. The monoisotopic (exact) mass is 275 g/mol. The Morgan fingerprint density at radius 2 is 1.80 bits per heavy atom. The van der Waals surface area contributed by atoms with Gasteiger partial charge in [0.1, 0.15) is 0 Å². The van der Waals surface area contributed by atoms with Crippen LogP contribution in [-0.4, -0.2) is 29.7 Å². The molecule has 0 saturated carbocycles. The van der Waals surface area contributed by atoms with Crippen molar-refractivity contribution in [3.05, 3.63) is 47.2 Å². The molecule has 0 bridgehead atoms. The predicted octanol–water partition coefficient (Wildman–Crippen LogP) is 3.73. The van der Waals surface area contributed by atoms with Gasteiger partial charge in [-0.15, -0.1) is 0 Å². The van der Waals surface area contributed by atoms with Gasteiger partial charge in [-0.3, -0.25) is 0 Å². The van der Waals surface area contributed by atoms with E-state index >= 15 is 0 Å². The molecule has 0 heterocycles. The van der Waals surface area contributed by atoms with E-state index in [-0.39, 0.29) is 12.0 Å². The Morgan fingerprint density at radius 3 is 2.30 bits per heavy atom. The summed E-state index contributed by atoms with van der Waals surface area (Å²) in [6, 6.07) is 10.0. The normalized spacial score (nSPS) is 16.4. The van der Waals surface area contributed by atoms with Crippen LogP contribution in [0.3, 0.4) is 0 Å². The first-order valence-corrected chi connectivity index (χ1v) is 6.92. The van der Waals surface area contributed by atoms with Gasteiger partial charge >= 0.3 is 0 Å². The number of hydrogen-bond acceptors (Lipinski definition) is 2. The third-order valence-corrected chi connectivity index (χ3v) is 3.10. The number of benzene rings is 1. The molecule has 0 N–H and O–H groups in total. The zero-order chi connectivity index (χ0) is 15.2. The van der Waals surface area contributed by atoms with Crippen LogP contribution in [0.1, 0.15) is 33.3 Å². The highest BCUT2D eigenvalue weighted by Gasteiger charge is 2.22. The van der Waals surface area contributed by atoms with Crippen molar-refractivity contribution in [2.45, 2.75) is 39.3 Å². The number of rotatable bonds is 5. The maximum absolute atomic E-state index is 12.0. The van der Waals surface area contributed by atoms with E-state index in [1.807, 2.05) is 70.2 Å². The van der Waals surface area contributed by atoms with Gasteiger partial charge in [-0.05, 0) is 5.56 Å². The van der Waals surface area contributed by atoms with Gasteiger partial charge < -0.3 is 9.94 Å². The number of methoxy groups -OCH3 is 1. The van der Waals surface area contributed by atoms with Gasteiger partial charge in [-0.25, -0.2) is 4.74 Å². The van der Waals surface area contributed by atoms with Crippen molar-refractivity contribution < 1.29 is 9.48 Å². The van der Waals surface area contributed by atoms with Crippen molar-refractivity contribution in [3.63, 3.8) is 0 Å². The quantitative estimate of drug-likeness (QED) is 0.355. The van der Waals surface area contributed by atoms with Gasteiger partial charge in [0.15, 0.2) is 11.8 Å². The molecule has 0 unspecified atom stereocenters. The molecule has 0 fully saturated rings. The smallest absolute Gasteiger partial charge is 0.164 e. The summed E-state index contributed by atoms with van der Waals surface area (Å²) in [4.78, 5) is 0. The van der Waals surface area contributed by atoms with E-state index in [0.29, 0.717) is 0 Å².